The Morgan fingerprint density at radius 2 is 1.86 bits per heavy atom. The van der Waals surface area contributed by atoms with E-state index >= 15 is 0 Å². The highest BCUT2D eigenvalue weighted by Gasteiger charge is 2.42. The van der Waals surface area contributed by atoms with Gasteiger partial charge in [-0.3, -0.25) is 4.90 Å². The molecule has 2 atom stereocenters. The molecule has 1 saturated heterocycles. The Labute approximate surface area is 132 Å². The summed E-state index contributed by atoms with van der Waals surface area (Å²) in [6.45, 7) is 9.90. The van der Waals surface area contributed by atoms with Crippen LogP contribution in [-0.2, 0) is 0 Å². The van der Waals surface area contributed by atoms with Crippen LogP contribution in [0.5, 0.6) is 0 Å². The molecule has 3 fully saturated rings. The molecule has 3 aliphatic rings. The zero-order chi connectivity index (χ0) is 14.7. The molecule has 2 saturated carbocycles. The van der Waals surface area contributed by atoms with Crippen molar-refractivity contribution in [3.05, 3.63) is 0 Å². The summed E-state index contributed by atoms with van der Waals surface area (Å²) in [4.78, 5) is 2.89. The summed E-state index contributed by atoms with van der Waals surface area (Å²) in [6, 6.07) is 0.945. The van der Waals surface area contributed by atoms with E-state index < -0.39 is 0 Å². The SMILES string of the molecule is CC(C)CNCC1(CN2CC3CCC2C3)CCCCCC1. The van der Waals surface area contributed by atoms with Gasteiger partial charge >= 0.3 is 0 Å². The van der Waals surface area contributed by atoms with Crippen molar-refractivity contribution in [2.24, 2.45) is 17.3 Å². The van der Waals surface area contributed by atoms with E-state index in [1.807, 2.05) is 0 Å². The molecule has 0 aromatic heterocycles. The van der Waals surface area contributed by atoms with Gasteiger partial charge in [-0.25, -0.2) is 0 Å². The topological polar surface area (TPSA) is 15.3 Å². The third-order valence-corrected chi connectivity index (χ3v) is 6.28. The minimum absolute atomic E-state index is 0.579. The van der Waals surface area contributed by atoms with Crippen LogP contribution in [0.2, 0.25) is 0 Å². The number of rotatable bonds is 6. The lowest BCUT2D eigenvalue weighted by atomic mass is 9.79. The Balaban J connectivity index is 1.60. The maximum atomic E-state index is 3.81. The first-order valence-electron chi connectivity index (χ1n) is 9.62. The summed E-state index contributed by atoms with van der Waals surface area (Å²) < 4.78 is 0. The fourth-order valence-corrected chi connectivity index (χ4v) is 5.15. The van der Waals surface area contributed by atoms with E-state index in [0.29, 0.717) is 5.41 Å². The number of nitrogens with one attached hydrogen (secondary N) is 1. The summed E-state index contributed by atoms with van der Waals surface area (Å²) in [7, 11) is 0. The lowest BCUT2D eigenvalue weighted by molar-refractivity contribution is 0.101. The first-order valence-corrected chi connectivity index (χ1v) is 9.62. The Bertz CT molecular complexity index is 318. The van der Waals surface area contributed by atoms with E-state index in [4.69, 9.17) is 0 Å². The molecular formula is C19H36N2. The van der Waals surface area contributed by atoms with Crippen LogP contribution < -0.4 is 5.32 Å². The normalized spacial score (nSPS) is 32.7. The molecule has 0 radical (unpaired) electrons. The van der Waals surface area contributed by atoms with Crippen molar-refractivity contribution in [3.8, 4) is 0 Å². The zero-order valence-electron chi connectivity index (χ0n) is 14.4. The van der Waals surface area contributed by atoms with Gasteiger partial charge in [0, 0.05) is 25.7 Å². The van der Waals surface area contributed by atoms with Gasteiger partial charge in [0.1, 0.15) is 0 Å². The van der Waals surface area contributed by atoms with Crippen molar-refractivity contribution >= 4 is 0 Å². The van der Waals surface area contributed by atoms with Crippen molar-refractivity contribution in [2.75, 3.05) is 26.2 Å². The van der Waals surface area contributed by atoms with Crippen LogP contribution in [-0.4, -0.2) is 37.1 Å². The number of hydrogen-bond donors (Lipinski definition) is 1. The largest absolute Gasteiger partial charge is 0.316 e. The van der Waals surface area contributed by atoms with Crippen molar-refractivity contribution < 1.29 is 0 Å². The minimum atomic E-state index is 0.579. The maximum absolute atomic E-state index is 3.81. The summed E-state index contributed by atoms with van der Waals surface area (Å²) in [5, 5.41) is 3.81. The summed E-state index contributed by atoms with van der Waals surface area (Å²) in [5.74, 6) is 1.82. The molecular weight excluding hydrogens is 256 g/mol. The summed E-state index contributed by atoms with van der Waals surface area (Å²) >= 11 is 0. The van der Waals surface area contributed by atoms with E-state index in [0.717, 1.165) is 17.9 Å². The van der Waals surface area contributed by atoms with Gasteiger partial charge in [0.25, 0.3) is 0 Å². The van der Waals surface area contributed by atoms with E-state index in [1.54, 1.807) is 0 Å². The van der Waals surface area contributed by atoms with Gasteiger partial charge in [-0.2, -0.15) is 0 Å². The Morgan fingerprint density at radius 1 is 1.10 bits per heavy atom. The summed E-state index contributed by atoms with van der Waals surface area (Å²) in [6.07, 6.45) is 13.3. The lowest BCUT2D eigenvalue weighted by Gasteiger charge is -2.40. The second kappa shape index (κ2) is 7.00. The van der Waals surface area contributed by atoms with Crippen LogP contribution in [0.4, 0.5) is 0 Å². The van der Waals surface area contributed by atoms with Gasteiger partial charge in [0.2, 0.25) is 0 Å². The number of fused-ring (bicyclic) bond motifs is 2. The molecule has 0 aromatic carbocycles. The molecule has 21 heavy (non-hydrogen) atoms. The van der Waals surface area contributed by atoms with Gasteiger partial charge in [0.15, 0.2) is 0 Å². The number of hydrogen-bond acceptors (Lipinski definition) is 2. The highest BCUT2D eigenvalue weighted by atomic mass is 15.2. The highest BCUT2D eigenvalue weighted by molar-refractivity contribution is 4.96. The molecule has 0 amide bonds. The summed E-state index contributed by atoms with van der Waals surface area (Å²) in [5.41, 5.74) is 0.579. The smallest absolute Gasteiger partial charge is 0.00988 e. The fourth-order valence-electron chi connectivity index (χ4n) is 5.15. The number of likely N-dealkylation sites (tertiary alicyclic amines) is 1. The zero-order valence-corrected chi connectivity index (χ0v) is 14.4. The van der Waals surface area contributed by atoms with Gasteiger partial charge in [-0.05, 0) is 55.9 Å². The van der Waals surface area contributed by atoms with Crippen LogP contribution in [0.25, 0.3) is 0 Å². The van der Waals surface area contributed by atoms with Crippen LogP contribution in [0.3, 0.4) is 0 Å². The highest BCUT2D eigenvalue weighted by Crippen LogP contribution is 2.42. The third kappa shape index (κ3) is 4.01. The quantitative estimate of drug-likeness (QED) is 0.743. The molecule has 1 N–H and O–H groups in total. The second-order valence-electron chi connectivity index (χ2n) is 8.70. The predicted molar refractivity (Wildman–Crippen MR) is 90.5 cm³/mol. The third-order valence-electron chi connectivity index (χ3n) is 6.28. The van der Waals surface area contributed by atoms with E-state index in [-0.39, 0.29) is 0 Å². The first kappa shape index (κ1) is 15.8. The van der Waals surface area contributed by atoms with Crippen molar-refractivity contribution in [2.45, 2.75) is 77.7 Å². The fraction of sp³-hybridized carbons (Fsp3) is 1.00. The molecule has 122 valence electrons. The molecule has 0 aromatic rings. The maximum Gasteiger partial charge on any atom is 0.00988 e. The van der Waals surface area contributed by atoms with Gasteiger partial charge in [-0.1, -0.05) is 39.5 Å². The van der Waals surface area contributed by atoms with Crippen LogP contribution in [0, 0.1) is 17.3 Å². The number of piperidine rings is 1. The molecule has 2 heteroatoms. The monoisotopic (exact) mass is 292 g/mol. The van der Waals surface area contributed by atoms with Crippen molar-refractivity contribution in [3.63, 3.8) is 0 Å². The molecule has 2 bridgehead atoms. The van der Waals surface area contributed by atoms with Gasteiger partial charge in [0.05, 0.1) is 0 Å². The average molecular weight is 293 g/mol. The molecule has 2 aliphatic carbocycles. The van der Waals surface area contributed by atoms with E-state index in [1.165, 1.54) is 84.0 Å². The standard InChI is InChI=1S/C19H36N2/c1-16(2)12-20-14-19(9-5-3-4-6-10-19)15-21-13-17-7-8-18(21)11-17/h16-18,20H,3-15H2,1-2H3. The van der Waals surface area contributed by atoms with Gasteiger partial charge < -0.3 is 5.32 Å². The molecule has 2 nitrogen and oxygen atoms in total. The lowest BCUT2D eigenvalue weighted by Crippen LogP contribution is -2.47. The van der Waals surface area contributed by atoms with Crippen LogP contribution >= 0.6 is 0 Å². The molecule has 1 heterocycles. The Hall–Kier alpha value is -0.0800. The molecule has 0 spiro atoms. The van der Waals surface area contributed by atoms with Crippen LogP contribution in [0.1, 0.15) is 71.6 Å². The molecule has 3 rings (SSSR count). The van der Waals surface area contributed by atoms with E-state index in [9.17, 15) is 0 Å². The minimum Gasteiger partial charge on any atom is -0.316 e. The second-order valence-corrected chi connectivity index (χ2v) is 8.70. The molecule has 2 unspecified atom stereocenters. The number of nitrogens with zero attached hydrogens (tertiary/aromatic N) is 1. The first-order chi connectivity index (χ1) is 10.2. The van der Waals surface area contributed by atoms with Crippen molar-refractivity contribution in [1.82, 2.24) is 10.2 Å². The van der Waals surface area contributed by atoms with Crippen molar-refractivity contribution in [1.29, 1.82) is 0 Å². The predicted octanol–water partition coefficient (Wildman–Crippen LogP) is 4.06. The van der Waals surface area contributed by atoms with E-state index in [2.05, 4.69) is 24.1 Å². The van der Waals surface area contributed by atoms with Crippen LogP contribution in [0.15, 0.2) is 0 Å². The molecule has 1 aliphatic heterocycles. The van der Waals surface area contributed by atoms with Gasteiger partial charge in [-0.15, -0.1) is 0 Å². The average Bonchev–Trinajstić information content (AvgIpc) is 2.97. The Kier molecular flexibility index (Phi) is 5.27. The Morgan fingerprint density at radius 3 is 2.43 bits per heavy atom.